The number of aliphatic hydroxyl groups is 1. The average Bonchev–Trinajstić information content (AvgIpc) is 2.27. The number of hydrogen-bond acceptors (Lipinski definition) is 4. The molecule has 0 radical (unpaired) electrons. The van der Waals surface area contributed by atoms with Crippen molar-refractivity contribution in [1.29, 1.82) is 0 Å². The number of thioether (sulfide) groups is 1. The molecule has 0 aromatic carbocycles. The lowest BCUT2D eigenvalue weighted by Gasteiger charge is -2.10. The highest BCUT2D eigenvalue weighted by molar-refractivity contribution is 7.99. The third kappa shape index (κ3) is 4.96. The second-order valence-electron chi connectivity index (χ2n) is 4.06. The van der Waals surface area contributed by atoms with Crippen molar-refractivity contribution in [2.75, 3.05) is 18.9 Å². The fourth-order valence-electron chi connectivity index (χ4n) is 1.33. The van der Waals surface area contributed by atoms with Gasteiger partial charge in [-0.25, -0.2) is 4.98 Å². The Balaban J connectivity index is 2.49. The zero-order valence-electron chi connectivity index (χ0n) is 9.94. The summed E-state index contributed by atoms with van der Waals surface area (Å²) in [5.74, 6) is 1.36. The highest BCUT2D eigenvalue weighted by Gasteiger charge is 2.03. The standard InChI is InChI=1S/C12H20N2OS/c1-10(2)8-13-9-11-4-3-5-14-12(11)16-7-6-15/h3-5,10,13,15H,6-9H2,1-2H3. The van der Waals surface area contributed by atoms with Crippen LogP contribution in [0.4, 0.5) is 0 Å². The molecule has 0 spiro atoms. The Hall–Kier alpha value is -0.580. The molecule has 1 aromatic rings. The Morgan fingerprint density at radius 3 is 3.00 bits per heavy atom. The predicted molar refractivity (Wildman–Crippen MR) is 68.6 cm³/mol. The summed E-state index contributed by atoms with van der Waals surface area (Å²) >= 11 is 1.60. The minimum absolute atomic E-state index is 0.195. The first-order valence-electron chi connectivity index (χ1n) is 5.62. The minimum atomic E-state index is 0.195. The largest absolute Gasteiger partial charge is 0.396 e. The second kappa shape index (κ2) is 7.65. The number of rotatable bonds is 7. The summed E-state index contributed by atoms with van der Waals surface area (Å²) in [4.78, 5) is 4.33. The molecule has 0 bridgehead atoms. The summed E-state index contributed by atoms with van der Waals surface area (Å²) in [7, 11) is 0. The van der Waals surface area contributed by atoms with Crippen molar-refractivity contribution in [3.8, 4) is 0 Å². The molecular formula is C12H20N2OS. The molecule has 1 heterocycles. The third-order valence-electron chi connectivity index (χ3n) is 2.05. The fourth-order valence-corrected chi connectivity index (χ4v) is 2.07. The van der Waals surface area contributed by atoms with Gasteiger partial charge in [0.25, 0.3) is 0 Å². The van der Waals surface area contributed by atoms with E-state index in [1.807, 2.05) is 6.07 Å². The highest BCUT2D eigenvalue weighted by Crippen LogP contribution is 2.19. The maximum Gasteiger partial charge on any atom is 0.101 e. The van der Waals surface area contributed by atoms with Gasteiger partial charge in [0.15, 0.2) is 0 Å². The molecule has 1 aromatic heterocycles. The van der Waals surface area contributed by atoms with Gasteiger partial charge in [0.05, 0.1) is 6.61 Å². The van der Waals surface area contributed by atoms with Crippen LogP contribution in [0, 0.1) is 5.92 Å². The molecule has 16 heavy (non-hydrogen) atoms. The summed E-state index contributed by atoms with van der Waals surface area (Å²) in [6, 6.07) is 4.04. The minimum Gasteiger partial charge on any atom is -0.396 e. The van der Waals surface area contributed by atoms with E-state index in [1.165, 1.54) is 5.56 Å². The van der Waals surface area contributed by atoms with Crippen LogP contribution in [0.1, 0.15) is 19.4 Å². The summed E-state index contributed by atoms with van der Waals surface area (Å²) in [5, 5.41) is 13.2. The van der Waals surface area contributed by atoms with Gasteiger partial charge in [-0.05, 0) is 24.1 Å². The van der Waals surface area contributed by atoms with E-state index < -0.39 is 0 Å². The van der Waals surface area contributed by atoms with Gasteiger partial charge in [0, 0.05) is 18.5 Å². The monoisotopic (exact) mass is 240 g/mol. The molecule has 0 aliphatic rings. The zero-order chi connectivity index (χ0) is 11.8. The topological polar surface area (TPSA) is 45.2 Å². The smallest absolute Gasteiger partial charge is 0.101 e. The van der Waals surface area contributed by atoms with Crippen molar-refractivity contribution < 1.29 is 5.11 Å². The Morgan fingerprint density at radius 1 is 1.50 bits per heavy atom. The van der Waals surface area contributed by atoms with Crippen molar-refractivity contribution in [1.82, 2.24) is 10.3 Å². The van der Waals surface area contributed by atoms with Crippen LogP contribution < -0.4 is 5.32 Å². The van der Waals surface area contributed by atoms with Crippen LogP contribution in [0.3, 0.4) is 0 Å². The van der Waals surface area contributed by atoms with Gasteiger partial charge in [-0.15, -0.1) is 11.8 Å². The molecule has 3 nitrogen and oxygen atoms in total. The van der Waals surface area contributed by atoms with E-state index in [2.05, 4.69) is 30.2 Å². The zero-order valence-corrected chi connectivity index (χ0v) is 10.8. The molecule has 2 N–H and O–H groups in total. The molecule has 0 aliphatic heterocycles. The van der Waals surface area contributed by atoms with Gasteiger partial charge in [-0.1, -0.05) is 19.9 Å². The van der Waals surface area contributed by atoms with E-state index in [1.54, 1.807) is 18.0 Å². The molecule has 0 saturated carbocycles. The van der Waals surface area contributed by atoms with Crippen LogP contribution in [-0.4, -0.2) is 29.0 Å². The van der Waals surface area contributed by atoms with Crippen molar-refractivity contribution in [2.24, 2.45) is 5.92 Å². The Labute approximate surface area is 102 Å². The van der Waals surface area contributed by atoms with E-state index in [4.69, 9.17) is 5.11 Å². The van der Waals surface area contributed by atoms with Crippen LogP contribution in [0.15, 0.2) is 23.4 Å². The number of aromatic nitrogens is 1. The van der Waals surface area contributed by atoms with Gasteiger partial charge in [0.2, 0.25) is 0 Å². The van der Waals surface area contributed by atoms with E-state index in [9.17, 15) is 0 Å². The maximum atomic E-state index is 8.80. The van der Waals surface area contributed by atoms with E-state index in [-0.39, 0.29) is 6.61 Å². The van der Waals surface area contributed by atoms with Crippen LogP contribution in [0.2, 0.25) is 0 Å². The first-order chi connectivity index (χ1) is 7.74. The molecule has 4 heteroatoms. The molecular weight excluding hydrogens is 220 g/mol. The number of nitrogens with one attached hydrogen (secondary N) is 1. The lowest BCUT2D eigenvalue weighted by molar-refractivity contribution is 0.322. The molecule has 0 amide bonds. The average molecular weight is 240 g/mol. The molecule has 0 atom stereocenters. The number of aliphatic hydroxyl groups excluding tert-OH is 1. The first kappa shape index (κ1) is 13.5. The van der Waals surface area contributed by atoms with E-state index in [0.29, 0.717) is 11.7 Å². The molecule has 1 rings (SSSR count). The van der Waals surface area contributed by atoms with Crippen molar-refractivity contribution in [2.45, 2.75) is 25.4 Å². The van der Waals surface area contributed by atoms with Crippen molar-refractivity contribution in [3.05, 3.63) is 23.9 Å². The first-order valence-corrected chi connectivity index (χ1v) is 6.61. The van der Waals surface area contributed by atoms with Crippen LogP contribution in [0.5, 0.6) is 0 Å². The maximum absolute atomic E-state index is 8.80. The lowest BCUT2D eigenvalue weighted by atomic mass is 10.2. The molecule has 0 saturated heterocycles. The van der Waals surface area contributed by atoms with Gasteiger partial charge in [0.1, 0.15) is 5.03 Å². The second-order valence-corrected chi connectivity index (χ2v) is 5.15. The van der Waals surface area contributed by atoms with E-state index >= 15 is 0 Å². The fraction of sp³-hybridized carbons (Fsp3) is 0.583. The molecule has 0 aliphatic carbocycles. The number of pyridine rings is 1. The third-order valence-corrected chi connectivity index (χ3v) is 3.08. The summed E-state index contributed by atoms with van der Waals surface area (Å²) in [6.07, 6.45) is 1.80. The summed E-state index contributed by atoms with van der Waals surface area (Å²) in [6.45, 7) is 6.44. The van der Waals surface area contributed by atoms with Crippen LogP contribution in [0.25, 0.3) is 0 Å². The van der Waals surface area contributed by atoms with Crippen molar-refractivity contribution >= 4 is 11.8 Å². The molecule has 0 fully saturated rings. The summed E-state index contributed by atoms with van der Waals surface area (Å²) in [5.41, 5.74) is 1.21. The Bertz CT molecular complexity index is 305. The van der Waals surface area contributed by atoms with Gasteiger partial charge in [-0.3, -0.25) is 0 Å². The Morgan fingerprint density at radius 2 is 2.31 bits per heavy atom. The Kier molecular flexibility index (Phi) is 6.45. The highest BCUT2D eigenvalue weighted by atomic mass is 32.2. The molecule has 0 unspecified atom stereocenters. The predicted octanol–water partition coefficient (Wildman–Crippen LogP) is 1.91. The number of nitrogens with zero attached hydrogens (tertiary/aromatic N) is 1. The SMILES string of the molecule is CC(C)CNCc1cccnc1SCCO. The normalized spacial score (nSPS) is 11.0. The van der Waals surface area contributed by atoms with Crippen molar-refractivity contribution in [3.63, 3.8) is 0 Å². The number of hydrogen-bond donors (Lipinski definition) is 2. The lowest BCUT2D eigenvalue weighted by Crippen LogP contribution is -2.19. The summed E-state index contributed by atoms with van der Waals surface area (Å²) < 4.78 is 0. The van der Waals surface area contributed by atoms with Gasteiger partial charge < -0.3 is 10.4 Å². The van der Waals surface area contributed by atoms with Gasteiger partial charge in [-0.2, -0.15) is 0 Å². The van der Waals surface area contributed by atoms with Crippen LogP contribution in [-0.2, 0) is 6.54 Å². The van der Waals surface area contributed by atoms with E-state index in [0.717, 1.165) is 18.1 Å². The van der Waals surface area contributed by atoms with Crippen LogP contribution >= 0.6 is 11.8 Å². The molecule has 90 valence electrons. The quantitative estimate of drug-likeness (QED) is 0.715. The van der Waals surface area contributed by atoms with Gasteiger partial charge >= 0.3 is 0 Å².